The zero-order chi connectivity index (χ0) is 18.6. The van der Waals surface area contributed by atoms with Crippen LogP contribution in [-0.2, 0) is 17.6 Å². The fraction of sp³-hybridized carbons (Fsp3) is 0.435. The maximum absolute atomic E-state index is 12.7. The monoisotopic (exact) mass is 365 g/mol. The number of aliphatic hydroxyl groups is 1. The number of ether oxygens (including phenoxy) is 1. The third-order valence-corrected chi connectivity index (χ3v) is 5.64. The minimum Gasteiger partial charge on any atom is -0.493 e. The van der Waals surface area contributed by atoms with E-state index >= 15 is 0 Å². The highest BCUT2D eigenvalue weighted by Crippen LogP contribution is 2.35. The average molecular weight is 365 g/mol. The highest BCUT2D eigenvalue weighted by molar-refractivity contribution is 5.94. The fourth-order valence-corrected chi connectivity index (χ4v) is 4.26. The zero-order valence-electron chi connectivity index (χ0n) is 15.7. The van der Waals surface area contributed by atoms with Gasteiger partial charge in [0.15, 0.2) is 0 Å². The van der Waals surface area contributed by atoms with E-state index in [1.165, 1.54) is 5.56 Å². The summed E-state index contributed by atoms with van der Waals surface area (Å²) in [4.78, 5) is 14.6. The van der Waals surface area contributed by atoms with Crippen molar-refractivity contribution < 1.29 is 14.6 Å². The number of benzene rings is 2. The second-order valence-corrected chi connectivity index (χ2v) is 7.46. The largest absolute Gasteiger partial charge is 0.493 e. The Morgan fingerprint density at radius 3 is 2.93 bits per heavy atom. The maximum atomic E-state index is 12.7. The Kier molecular flexibility index (Phi) is 5.44. The van der Waals surface area contributed by atoms with Crippen LogP contribution < -0.4 is 9.64 Å². The summed E-state index contributed by atoms with van der Waals surface area (Å²) in [5.74, 6) is 1.04. The number of aryl methyl sites for hydroxylation is 1. The van der Waals surface area contributed by atoms with E-state index in [0.29, 0.717) is 19.4 Å². The standard InChI is InChI=1S/C23H27NO3/c25-21-12-3-10-19-18(21)9-4-13-22(19)27-16-6-14-23(26)24-15-5-8-17-7-1-2-11-20(17)24/h1-2,4,7,9,11,13,21,25H,3,5-6,8,10,12,14-16H2. The van der Waals surface area contributed by atoms with E-state index in [2.05, 4.69) is 6.07 Å². The van der Waals surface area contributed by atoms with Crippen molar-refractivity contribution in [1.29, 1.82) is 0 Å². The van der Waals surface area contributed by atoms with Gasteiger partial charge in [-0.15, -0.1) is 0 Å². The van der Waals surface area contributed by atoms with Gasteiger partial charge in [0, 0.05) is 18.7 Å². The molecule has 1 atom stereocenters. The Balaban J connectivity index is 1.33. The first-order valence-electron chi connectivity index (χ1n) is 10.0. The summed E-state index contributed by atoms with van der Waals surface area (Å²) < 4.78 is 5.98. The first kappa shape index (κ1) is 18.1. The third-order valence-electron chi connectivity index (χ3n) is 5.64. The van der Waals surface area contributed by atoms with Gasteiger partial charge in [0.05, 0.1) is 12.7 Å². The molecule has 2 aromatic carbocycles. The molecule has 0 saturated heterocycles. The van der Waals surface area contributed by atoms with E-state index in [9.17, 15) is 9.90 Å². The van der Waals surface area contributed by atoms with Gasteiger partial charge in [-0.25, -0.2) is 0 Å². The summed E-state index contributed by atoms with van der Waals surface area (Å²) >= 11 is 0. The van der Waals surface area contributed by atoms with Crippen molar-refractivity contribution in [3.8, 4) is 5.75 Å². The predicted octanol–water partition coefficient (Wildman–Crippen LogP) is 4.19. The van der Waals surface area contributed by atoms with Crippen molar-refractivity contribution in [3.63, 3.8) is 0 Å². The SMILES string of the molecule is O=C(CCCOc1cccc2c1CCCC2O)N1CCCc2ccccc21. The molecule has 4 heteroatoms. The van der Waals surface area contributed by atoms with Crippen molar-refractivity contribution in [2.45, 2.75) is 51.0 Å². The lowest BCUT2D eigenvalue weighted by molar-refractivity contribution is -0.118. The molecule has 0 bridgehead atoms. The number of carbonyl (C=O) groups is 1. The smallest absolute Gasteiger partial charge is 0.227 e. The Morgan fingerprint density at radius 2 is 2.00 bits per heavy atom. The van der Waals surface area contributed by atoms with Crippen LogP contribution in [0.15, 0.2) is 42.5 Å². The van der Waals surface area contributed by atoms with Crippen LogP contribution in [0.5, 0.6) is 5.75 Å². The molecule has 0 aromatic heterocycles. The molecule has 0 radical (unpaired) electrons. The number of hydrogen-bond acceptors (Lipinski definition) is 3. The van der Waals surface area contributed by atoms with E-state index in [4.69, 9.17) is 4.74 Å². The predicted molar refractivity (Wildman–Crippen MR) is 106 cm³/mol. The third kappa shape index (κ3) is 3.86. The number of anilines is 1. The van der Waals surface area contributed by atoms with Gasteiger partial charge in [0.2, 0.25) is 5.91 Å². The molecule has 4 rings (SSSR count). The molecule has 1 amide bonds. The van der Waals surface area contributed by atoms with Crippen LogP contribution in [0.2, 0.25) is 0 Å². The van der Waals surface area contributed by atoms with Gasteiger partial charge in [-0.1, -0.05) is 30.3 Å². The summed E-state index contributed by atoms with van der Waals surface area (Å²) in [6.45, 7) is 1.33. The van der Waals surface area contributed by atoms with Crippen LogP contribution in [0.3, 0.4) is 0 Å². The number of carbonyl (C=O) groups excluding carboxylic acids is 1. The quantitative estimate of drug-likeness (QED) is 0.808. The minimum atomic E-state index is -0.377. The van der Waals surface area contributed by atoms with E-state index in [1.54, 1.807) is 0 Å². The number of hydrogen-bond donors (Lipinski definition) is 1. The zero-order valence-corrected chi connectivity index (χ0v) is 15.7. The maximum Gasteiger partial charge on any atom is 0.227 e. The molecule has 27 heavy (non-hydrogen) atoms. The lowest BCUT2D eigenvalue weighted by Gasteiger charge is -2.29. The Hall–Kier alpha value is -2.33. The fourth-order valence-electron chi connectivity index (χ4n) is 4.26. The lowest BCUT2D eigenvalue weighted by atomic mass is 9.89. The normalized spacial score (nSPS) is 18.6. The number of aliphatic hydroxyl groups excluding tert-OH is 1. The second-order valence-electron chi connectivity index (χ2n) is 7.46. The van der Waals surface area contributed by atoms with Crippen molar-refractivity contribution in [2.24, 2.45) is 0 Å². The number of fused-ring (bicyclic) bond motifs is 2. The van der Waals surface area contributed by atoms with Crippen molar-refractivity contribution in [1.82, 2.24) is 0 Å². The van der Waals surface area contributed by atoms with Crippen LogP contribution in [-0.4, -0.2) is 24.2 Å². The molecule has 1 aliphatic carbocycles. The van der Waals surface area contributed by atoms with Crippen LogP contribution in [0, 0.1) is 0 Å². The molecular weight excluding hydrogens is 338 g/mol. The Labute approximate surface area is 160 Å². The van der Waals surface area contributed by atoms with Gasteiger partial charge in [-0.3, -0.25) is 4.79 Å². The molecule has 2 aliphatic rings. The van der Waals surface area contributed by atoms with Gasteiger partial charge >= 0.3 is 0 Å². The number of nitrogens with zero attached hydrogens (tertiary/aromatic N) is 1. The van der Waals surface area contributed by atoms with Crippen LogP contribution in [0.25, 0.3) is 0 Å². The van der Waals surface area contributed by atoms with Crippen LogP contribution in [0.1, 0.15) is 54.9 Å². The molecule has 1 N–H and O–H groups in total. The van der Waals surface area contributed by atoms with E-state index in [-0.39, 0.29) is 12.0 Å². The van der Waals surface area contributed by atoms with Gasteiger partial charge in [0.25, 0.3) is 0 Å². The molecular formula is C23H27NO3. The number of rotatable bonds is 5. The summed E-state index contributed by atoms with van der Waals surface area (Å²) in [7, 11) is 0. The first-order chi connectivity index (χ1) is 13.2. The highest BCUT2D eigenvalue weighted by Gasteiger charge is 2.22. The molecule has 142 valence electrons. The van der Waals surface area contributed by atoms with Crippen molar-refractivity contribution in [2.75, 3.05) is 18.1 Å². The topological polar surface area (TPSA) is 49.8 Å². The van der Waals surface area contributed by atoms with E-state index < -0.39 is 0 Å². The number of para-hydroxylation sites is 1. The average Bonchev–Trinajstić information content (AvgIpc) is 2.71. The molecule has 0 saturated carbocycles. The summed E-state index contributed by atoms with van der Waals surface area (Å²) in [6.07, 6.45) is 5.65. The van der Waals surface area contributed by atoms with Gasteiger partial charge in [-0.2, -0.15) is 0 Å². The molecule has 2 aromatic rings. The highest BCUT2D eigenvalue weighted by atomic mass is 16.5. The molecule has 0 fully saturated rings. The first-order valence-corrected chi connectivity index (χ1v) is 10.0. The molecule has 0 spiro atoms. The van der Waals surface area contributed by atoms with Crippen molar-refractivity contribution >= 4 is 11.6 Å². The summed E-state index contributed by atoms with van der Waals surface area (Å²) in [6, 6.07) is 14.1. The second kappa shape index (κ2) is 8.13. The van der Waals surface area contributed by atoms with Crippen molar-refractivity contribution in [3.05, 3.63) is 59.2 Å². The summed E-state index contributed by atoms with van der Waals surface area (Å²) in [5, 5.41) is 10.1. The van der Waals surface area contributed by atoms with E-state index in [0.717, 1.165) is 61.2 Å². The molecule has 1 heterocycles. The Morgan fingerprint density at radius 1 is 1.11 bits per heavy atom. The van der Waals surface area contributed by atoms with Crippen LogP contribution >= 0.6 is 0 Å². The van der Waals surface area contributed by atoms with Gasteiger partial charge in [-0.05, 0) is 67.3 Å². The minimum absolute atomic E-state index is 0.177. The summed E-state index contributed by atoms with van der Waals surface area (Å²) in [5.41, 5.74) is 4.47. The molecule has 1 aliphatic heterocycles. The lowest BCUT2D eigenvalue weighted by Crippen LogP contribution is -2.35. The van der Waals surface area contributed by atoms with Crippen LogP contribution in [0.4, 0.5) is 5.69 Å². The molecule has 4 nitrogen and oxygen atoms in total. The van der Waals surface area contributed by atoms with Gasteiger partial charge < -0.3 is 14.7 Å². The Bertz CT molecular complexity index is 817. The van der Waals surface area contributed by atoms with E-state index in [1.807, 2.05) is 41.3 Å². The molecule has 1 unspecified atom stereocenters. The number of amides is 1. The van der Waals surface area contributed by atoms with Gasteiger partial charge in [0.1, 0.15) is 5.75 Å².